The van der Waals surface area contributed by atoms with Crippen LogP contribution in [-0.2, 0) is 35.1 Å². The Morgan fingerprint density at radius 3 is 2.29 bits per heavy atom. The highest BCUT2D eigenvalue weighted by atomic mass is 16.5. The van der Waals surface area contributed by atoms with Crippen LogP contribution < -0.4 is 5.32 Å². The van der Waals surface area contributed by atoms with Crippen molar-refractivity contribution < 1.29 is 28.7 Å². The van der Waals surface area contributed by atoms with Gasteiger partial charge in [0, 0.05) is 30.3 Å². The van der Waals surface area contributed by atoms with E-state index in [2.05, 4.69) is 5.32 Å². The summed E-state index contributed by atoms with van der Waals surface area (Å²) in [5, 5.41) is 2.62. The second kappa shape index (κ2) is 10.8. The van der Waals surface area contributed by atoms with Crippen molar-refractivity contribution in [3.63, 3.8) is 0 Å². The fraction of sp³-hybridized carbons (Fsp3) is 0.333. The number of hydrogen-bond acceptors (Lipinski definition) is 6. The molecular weight excluding hydrogens is 362 g/mol. The summed E-state index contributed by atoms with van der Waals surface area (Å²) in [6, 6.07) is 6.69. The molecule has 7 heteroatoms. The number of nitrogens with one attached hydrogen (secondary N) is 1. The van der Waals surface area contributed by atoms with Crippen molar-refractivity contribution in [2.24, 2.45) is 0 Å². The molecule has 1 aliphatic rings. The van der Waals surface area contributed by atoms with Crippen molar-refractivity contribution in [2.45, 2.75) is 38.7 Å². The zero-order valence-corrected chi connectivity index (χ0v) is 15.7. The number of esters is 2. The van der Waals surface area contributed by atoms with Crippen molar-refractivity contribution >= 4 is 29.3 Å². The van der Waals surface area contributed by atoms with Gasteiger partial charge in [0.25, 0.3) is 0 Å². The first-order valence-corrected chi connectivity index (χ1v) is 9.12. The van der Waals surface area contributed by atoms with Gasteiger partial charge in [0.05, 0.1) is 6.61 Å². The van der Waals surface area contributed by atoms with Gasteiger partial charge >= 0.3 is 11.9 Å². The number of anilines is 1. The minimum atomic E-state index is -0.557. The Bertz CT molecular complexity index is 775. The smallest absolute Gasteiger partial charge is 0.331 e. The lowest BCUT2D eigenvalue weighted by molar-refractivity contribution is -0.146. The van der Waals surface area contributed by atoms with E-state index in [-0.39, 0.29) is 24.9 Å². The van der Waals surface area contributed by atoms with Crippen molar-refractivity contribution in [2.75, 3.05) is 11.9 Å². The van der Waals surface area contributed by atoms with Crippen LogP contribution in [0.25, 0.3) is 0 Å². The largest absolute Gasteiger partial charge is 0.463 e. The third-order valence-corrected chi connectivity index (χ3v) is 4.00. The van der Waals surface area contributed by atoms with E-state index >= 15 is 0 Å². The maximum Gasteiger partial charge on any atom is 0.331 e. The maximum atomic E-state index is 11.8. The summed E-state index contributed by atoms with van der Waals surface area (Å²) in [6.45, 7) is 1.94. The fourth-order valence-corrected chi connectivity index (χ4v) is 2.34. The molecule has 1 fully saturated rings. The van der Waals surface area contributed by atoms with Gasteiger partial charge in [0.2, 0.25) is 5.91 Å². The molecule has 2 rings (SSSR count). The van der Waals surface area contributed by atoms with E-state index in [1.165, 1.54) is 6.08 Å². The minimum absolute atomic E-state index is 0.0254. The van der Waals surface area contributed by atoms with E-state index in [1.54, 1.807) is 31.2 Å². The van der Waals surface area contributed by atoms with Gasteiger partial charge in [-0.2, -0.15) is 0 Å². The normalized spacial score (nSPS) is 13.9. The van der Waals surface area contributed by atoms with Gasteiger partial charge in [-0.15, -0.1) is 0 Å². The van der Waals surface area contributed by atoms with Gasteiger partial charge in [0.15, 0.2) is 5.78 Å². The molecule has 0 unspecified atom stereocenters. The van der Waals surface area contributed by atoms with E-state index < -0.39 is 17.8 Å². The molecule has 0 bridgehead atoms. The number of rotatable bonds is 9. The summed E-state index contributed by atoms with van der Waals surface area (Å²) in [4.78, 5) is 46.4. The average Bonchev–Trinajstić information content (AvgIpc) is 2.63. The van der Waals surface area contributed by atoms with Crippen LogP contribution in [0.1, 0.15) is 31.7 Å². The Kier molecular flexibility index (Phi) is 8.14. The third kappa shape index (κ3) is 7.57. The monoisotopic (exact) mass is 385 g/mol. The molecule has 0 radical (unpaired) electrons. The van der Waals surface area contributed by atoms with Gasteiger partial charge in [-0.25, -0.2) is 9.59 Å². The fourth-order valence-electron chi connectivity index (χ4n) is 2.34. The molecule has 1 saturated carbocycles. The number of hydrogen-bond donors (Lipinski definition) is 1. The zero-order valence-electron chi connectivity index (χ0n) is 15.7. The van der Waals surface area contributed by atoms with Crippen molar-refractivity contribution in [3.8, 4) is 0 Å². The van der Waals surface area contributed by atoms with E-state index in [4.69, 9.17) is 9.47 Å². The van der Waals surface area contributed by atoms with E-state index in [0.717, 1.165) is 43.1 Å². The number of amides is 1. The number of carbonyl (C=O) groups excluding carboxylic acids is 4. The summed E-state index contributed by atoms with van der Waals surface area (Å²) < 4.78 is 9.82. The van der Waals surface area contributed by atoms with Gasteiger partial charge in [-0.3, -0.25) is 9.59 Å². The lowest BCUT2D eigenvalue weighted by atomic mass is 9.96. The first-order valence-electron chi connectivity index (χ1n) is 9.12. The lowest BCUT2D eigenvalue weighted by Gasteiger charge is -2.24. The topological polar surface area (TPSA) is 98.8 Å². The Morgan fingerprint density at radius 2 is 1.68 bits per heavy atom. The molecule has 0 aromatic heterocycles. The standard InChI is InChI=1S/C21H23NO6/c1-2-27-20(25)12-10-17(23)14-15-6-8-16(9-7-15)22-19(24)11-13-21(26)28-18-4-3-5-18/h6-13,18H,2-5,14H2,1H3,(H,22,24)/b12-10-,13-11-. The van der Waals surface area contributed by atoms with E-state index in [0.29, 0.717) is 5.69 Å². The second-order valence-electron chi connectivity index (χ2n) is 6.24. The number of ketones is 1. The first kappa shape index (κ1) is 21.1. The number of carbonyl (C=O) groups is 4. The second-order valence-corrected chi connectivity index (χ2v) is 6.24. The number of ether oxygens (including phenoxy) is 2. The van der Waals surface area contributed by atoms with Gasteiger partial charge in [-0.1, -0.05) is 12.1 Å². The Hall–Kier alpha value is -3.22. The summed E-state index contributed by atoms with van der Waals surface area (Å²) in [5.41, 5.74) is 1.26. The van der Waals surface area contributed by atoms with Crippen LogP contribution in [0, 0.1) is 0 Å². The SMILES string of the molecule is CCOC(=O)/C=C\C(=O)Cc1ccc(NC(=O)/C=C\C(=O)OC2CCC2)cc1. The summed E-state index contributed by atoms with van der Waals surface area (Å²) in [5.74, 6) is -1.77. The molecule has 0 heterocycles. The molecule has 0 aliphatic heterocycles. The summed E-state index contributed by atoms with van der Waals surface area (Å²) in [7, 11) is 0. The maximum absolute atomic E-state index is 11.8. The van der Waals surface area contributed by atoms with Crippen molar-refractivity contribution in [1.82, 2.24) is 0 Å². The number of allylic oxidation sites excluding steroid dienone is 1. The predicted octanol–water partition coefficient (Wildman–Crippen LogP) is 2.51. The van der Waals surface area contributed by atoms with Crippen LogP contribution in [0.4, 0.5) is 5.69 Å². The van der Waals surface area contributed by atoms with Crippen LogP contribution in [-0.4, -0.2) is 36.3 Å². The van der Waals surface area contributed by atoms with Crippen LogP contribution in [0.5, 0.6) is 0 Å². The zero-order chi connectivity index (χ0) is 20.4. The molecule has 1 aromatic rings. The third-order valence-electron chi connectivity index (χ3n) is 4.00. The van der Waals surface area contributed by atoms with Crippen molar-refractivity contribution in [1.29, 1.82) is 0 Å². The molecular formula is C21H23NO6. The van der Waals surface area contributed by atoms with Crippen LogP contribution in [0.2, 0.25) is 0 Å². The Balaban J connectivity index is 1.78. The van der Waals surface area contributed by atoms with Crippen LogP contribution in [0.15, 0.2) is 48.6 Å². The van der Waals surface area contributed by atoms with Crippen LogP contribution >= 0.6 is 0 Å². The van der Waals surface area contributed by atoms with Crippen LogP contribution in [0.3, 0.4) is 0 Å². The highest BCUT2D eigenvalue weighted by Gasteiger charge is 2.20. The molecule has 1 amide bonds. The molecule has 0 atom stereocenters. The Labute approximate surface area is 163 Å². The quantitative estimate of drug-likeness (QED) is 0.518. The minimum Gasteiger partial charge on any atom is -0.463 e. The molecule has 0 saturated heterocycles. The highest BCUT2D eigenvalue weighted by Crippen LogP contribution is 2.21. The molecule has 0 spiro atoms. The molecule has 28 heavy (non-hydrogen) atoms. The first-order chi connectivity index (χ1) is 13.5. The summed E-state index contributed by atoms with van der Waals surface area (Å²) in [6.07, 6.45) is 7.42. The highest BCUT2D eigenvalue weighted by molar-refractivity contribution is 6.02. The Morgan fingerprint density at radius 1 is 1.00 bits per heavy atom. The van der Waals surface area contributed by atoms with Gasteiger partial charge < -0.3 is 14.8 Å². The average molecular weight is 385 g/mol. The molecule has 1 aliphatic carbocycles. The molecule has 1 aromatic carbocycles. The summed E-state index contributed by atoms with van der Waals surface area (Å²) >= 11 is 0. The van der Waals surface area contributed by atoms with Crippen molar-refractivity contribution in [3.05, 3.63) is 54.1 Å². The lowest BCUT2D eigenvalue weighted by Crippen LogP contribution is -2.24. The number of benzene rings is 1. The molecule has 148 valence electrons. The van der Waals surface area contributed by atoms with Gasteiger partial charge in [-0.05, 0) is 50.0 Å². The van der Waals surface area contributed by atoms with E-state index in [1.807, 2.05) is 0 Å². The van der Waals surface area contributed by atoms with E-state index in [9.17, 15) is 19.2 Å². The predicted molar refractivity (Wildman–Crippen MR) is 102 cm³/mol. The molecule has 1 N–H and O–H groups in total. The molecule has 7 nitrogen and oxygen atoms in total. The van der Waals surface area contributed by atoms with Gasteiger partial charge in [0.1, 0.15) is 6.10 Å².